The Morgan fingerprint density at radius 2 is 1.77 bits per heavy atom. The molecule has 0 spiro atoms. The van der Waals surface area contributed by atoms with Crippen molar-refractivity contribution >= 4 is 5.78 Å². The lowest BCUT2D eigenvalue weighted by Crippen LogP contribution is -2.13. The number of rotatable bonds is 7. The number of ketones is 1. The molecule has 1 nitrogen and oxygen atoms in total. The fraction of sp³-hybridized carbons (Fsp3) is 0.917. The summed E-state index contributed by atoms with van der Waals surface area (Å²) in [6.07, 6.45) is 5.55. The van der Waals surface area contributed by atoms with Crippen molar-refractivity contribution in [1.29, 1.82) is 0 Å². The van der Waals surface area contributed by atoms with Gasteiger partial charge in [-0.3, -0.25) is 4.79 Å². The zero-order chi connectivity index (χ0) is 10.3. The second-order valence-corrected chi connectivity index (χ2v) is 4.46. The quantitative estimate of drug-likeness (QED) is 0.550. The zero-order valence-corrected chi connectivity index (χ0v) is 9.60. The van der Waals surface area contributed by atoms with Crippen molar-refractivity contribution < 1.29 is 4.79 Å². The van der Waals surface area contributed by atoms with Crippen molar-refractivity contribution in [3.05, 3.63) is 0 Å². The number of Topliss-reactive ketones (excluding diaryl/α,β-unsaturated/α-hetero) is 1. The average molecular weight is 184 g/mol. The topological polar surface area (TPSA) is 17.1 Å². The molecule has 1 atom stereocenters. The van der Waals surface area contributed by atoms with Gasteiger partial charge in [-0.1, -0.05) is 47.0 Å². The second-order valence-electron chi connectivity index (χ2n) is 4.46. The molecule has 0 aliphatic carbocycles. The number of unbranched alkanes of at least 4 members (excludes halogenated alkanes) is 2. The van der Waals surface area contributed by atoms with Crippen LogP contribution in [0.5, 0.6) is 0 Å². The van der Waals surface area contributed by atoms with Crippen LogP contribution in [-0.4, -0.2) is 5.78 Å². The summed E-state index contributed by atoms with van der Waals surface area (Å²) in [4.78, 5) is 11.5. The molecule has 0 rings (SSSR count). The third-order valence-electron chi connectivity index (χ3n) is 2.40. The van der Waals surface area contributed by atoms with Gasteiger partial charge >= 0.3 is 0 Å². The summed E-state index contributed by atoms with van der Waals surface area (Å²) in [7, 11) is 0. The first kappa shape index (κ1) is 12.7. The molecule has 0 aromatic rings. The smallest absolute Gasteiger partial charge is 0.135 e. The molecule has 78 valence electrons. The van der Waals surface area contributed by atoms with Crippen LogP contribution in [0.25, 0.3) is 0 Å². The minimum atomic E-state index is 0.286. The fourth-order valence-corrected chi connectivity index (χ4v) is 1.47. The van der Waals surface area contributed by atoms with Gasteiger partial charge in [-0.25, -0.2) is 0 Å². The van der Waals surface area contributed by atoms with Crippen LogP contribution in [0.3, 0.4) is 0 Å². The van der Waals surface area contributed by atoms with Gasteiger partial charge in [0.15, 0.2) is 0 Å². The van der Waals surface area contributed by atoms with Gasteiger partial charge in [-0.05, 0) is 12.3 Å². The van der Waals surface area contributed by atoms with Crippen molar-refractivity contribution in [1.82, 2.24) is 0 Å². The van der Waals surface area contributed by atoms with Gasteiger partial charge in [-0.2, -0.15) is 0 Å². The number of carbonyl (C=O) groups excluding carboxylic acids is 1. The lowest BCUT2D eigenvalue weighted by atomic mass is 9.93. The van der Waals surface area contributed by atoms with Gasteiger partial charge < -0.3 is 0 Å². The first-order valence-electron chi connectivity index (χ1n) is 5.60. The summed E-state index contributed by atoms with van der Waals surface area (Å²) in [5, 5.41) is 0. The van der Waals surface area contributed by atoms with Gasteiger partial charge in [-0.15, -0.1) is 0 Å². The van der Waals surface area contributed by atoms with Crippen molar-refractivity contribution in [2.75, 3.05) is 0 Å². The standard InChI is InChI=1S/C12H24O/c1-5-6-7-8-11(4)12(13)9-10(2)3/h10-11H,5-9H2,1-4H3. The highest BCUT2D eigenvalue weighted by molar-refractivity contribution is 5.80. The van der Waals surface area contributed by atoms with Gasteiger partial charge in [0, 0.05) is 12.3 Å². The van der Waals surface area contributed by atoms with Crippen molar-refractivity contribution in [2.45, 2.75) is 59.8 Å². The Balaban J connectivity index is 3.57. The second kappa shape index (κ2) is 7.11. The van der Waals surface area contributed by atoms with Crippen LogP contribution in [0.2, 0.25) is 0 Å². The summed E-state index contributed by atoms with van der Waals surface area (Å²) in [6, 6.07) is 0. The first-order valence-corrected chi connectivity index (χ1v) is 5.60. The normalized spacial score (nSPS) is 13.3. The molecule has 0 aliphatic rings. The summed E-state index contributed by atoms with van der Waals surface area (Å²) in [5.41, 5.74) is 0. The van der Waals surface area contributed by atoms with E-state index in [0.29, 0.717) is 11.7 Å². The lowest BCUT2D eigenvalue weighted by Gasteiger charge is -2.11. The van der Waals surface area contributed by atoms with E-state index in [1.165, 1.54) is 19.3 Å². The zero-order valence-electron chi connectivity index (χ0n) is 9.60. The first-order chi connectivity index (χ1) is 6.07. The molecule has 0 bridgehead atoms. The molecule has 0 aromatic heterocycles. The van der Waals surface area contributed by atoms with E-state index in [1.54, 1.807) is 0 Å². The fourth-order valence-electron chi connectivity index (χ4n) is 1.47. The molecule has 0 aromatic carbocycles. The van der Waals surface area contributed by atoms with Gasteiger partial charge in [0.05, 0.1) is 0 Å². The maximum Gasteiger partial charge on any atom is 0.135 e. The molecular weight excluding hydrogens is 160 g/mol. The van der Waals surface area contributed by atoms with E-state index in [4.69, 9.17) is 0 Å². The van der Waals surface area contributed by atoms with Crippen LogP contribution in [0, 0.1) is 11.8 Å². The summed E-state index contributed by atoms with van der Waals surface area (Å²) in [6.45, 7) is 8.48. The highest BCUT2D eigenvalue weighted by Crippen LogP contribution is 2.14. The van der Waals surface area contributed by atoms with Crippen molar-refractivity contribution in [2.24, 2.45) is 11.8 Å². The molecule has 13 heavy (non-hydrogen) atoms. The molecule has 0 fully saturated rings. The Kier molecular flexibility index (Phi) is 6.93. The predicted octanol–water partition coefficient (Wildman–Crippen LogP) is 3.82. The third kappa shape index (κ3) is 6.80. The molecule has 1 unspecified atom stereocenters. The van der Waals surface area contributed by atoms with E-state index >= 15 is 0 Å². The maximum absolute atomic E-state index is 11.5. The van der Waals surface area contributed by atoms with Gasteiger partial charge in [0.25, 0.3) is 0 Å². The van der Waals surface area contributed by atoms with Crippen LogP contribution in [-0.2, 0) is 4.79 Å². The Bertz CT molecular complexity index is 138. The van der Waals surface area contributed by atoms with Crippen molar-refractivity contribution in [3.63, 3.8) is 0 Å². The van der Waals surface area contributed by atoms with E-state index in [1.807, 2.05) is 0 Å². The Hall–Kier alpha value is -0.330. The van der Waals surface area contributed by atoms with E-state index < -0.39 is 0 Å². The van der Waals surface area contributed by atoms with Gasteiger partial charge in [0.1, 0.15) is 5.78 Å². The van der Waals surface area contributed by atoms with Crippen LogP contribution in [0.1, 0.15) is 59.8 Å². The van der Waals surface area contributed by atoms with Crippen LogP contribution in [0.15, 0.2) is 0 Å². The highest BCUT2D eigenvalue weighted by Gasteiger charge is 2.13. The summed E-state index contributed by atoms with van der Waals surface area (Å²) in [5.74, 6) is 1.25. The van der Waals surface area contributed by atoms with Crippen LogP contribution < -0.4 is 0 Å². The SMILES string of the molecule is CCCCCC(C)C(=O)CC(C)C. The maximum atomic E-state index is 11.5. The van der Waals surface area contributed by atoms with Crippen molar-refractivity contribution in [3.8, 4) is 0 Å². The Morgan fingerprint density at radius 1 is 1.15 bits per heavy atom. The summed E-state index contributed by atoms with van der Waals surface area (Å²) >= 11 is 0. The third-order valence-corrected chi connectivity index (χ3v) is 2.40. The van der Waals surface area contributed by atoms with Crippen LogP contribution in [0.4, 0.5) is 0 Å². The minimum Gasteiger partial charge on any atom is -0.299 e. The monoisotopic (exact) mass is 184 g/mol. The average Bonchev–Trinajstić information content (AvgIpc) is 2.03. The van der Waals surface area contributed by atoms with E-state index in [9.17, 15) is 4.79 Å². The Labute approximate surface area is 82.9 Å². The van der Waals surface area contributed by atoms with Crippen LogP contribution >= 0.6 is 0 Å². The van der Waals surface area contributed by atoms with Gasteiger partial charge in [0.2, 0.25) is 0 Å². The number of hydrogen-bond donors (Lipinski definition) is 0. The lowest BCUT2D eigenvalue weighted by molar-refractivity contribution is -0.123. The minimum absolute atomic E-state index is 0.286. The molecule has 0 aliphatic heterocycles. The molecule has 0 heterocycles. The molecule has 0 saturated heterocycles. The summed E-state index contributed by atoms with van der Waals surface area (Å²) < 4.78 is 0. The molecule has 1 heteroatoms. The Morgan fingerprint density at radius 3 is 2.23 bits per heavy atom. The molecular formula is C12H24O. The molecule has 0 radical (unpaired) electrons. The number of carbonyl (C=O) groups is 1. The molecule has 0 saturated carbocycles. The number of hydrogen-bond acceptors (Lipinski definition) is 1. The largest absolute Gasteiger partial charge is 0.299 e. The van der Waals surface area contributed by atoms with E-state index in [2.05, 4.69) is 27.7 Å². The van der Waals surface area contributed by atoms with E-state index in [0.717, 1.165) is 12.8 Å². The van der Waals surface area contributed by atoms with E-state index in [-0.39, 0.29) is 5.92 Å². The molecule has 0 amide bonds. The molecule has 0 N–H and O–H groups in total. The highest BCUT2D eigenvalue weighted by atomic mass is 16.1. The predicted molar refractivity (Wildman–Crippen MR) is 57.8 cm³/mol.